The summed E-state index contributed by atoms with van der Waals surface area (Å²) in [6.07, 6.45) is 10.6. The van der Waals surface area contributed by atoms with Crippen molar-refractivity contribution < 1.29 is 9.84 Å². The van der Waals surface area contributed by atoms with E-state index in [0.29, 0.717) is 19.2 Å². The third-order valence-corrected chi connectivity index (χ3v) is 5.90. The Morgan fingerprint density at radius 1 is 1.16 bits per heavy atom. The minimum Gasteiger partial charge on any atom is -0.386 e. The summed E-state index contributed by atoms with van der Waals surface area (Å²) in [4.78, 5) is 0. The van der Waals surface area contributed by atoms with E-state index >= 15 is 0 Å². The van der Waals surface area contributed by atoms with Gasteiger partial charge in [-0.25, -0.2) is 0 Å². The lowest BCUT2D eigenvalue weighted by Crippen LogP contribution is -2.50. The zero-order valence-electron chi connectivity index (χ0n) is 12.2. The van der Waals surface area contributed by atoms with Crippen molar-refractivity contribution in [1.29, 1.82) is 0 Å². The molecule has 5 atom stereocenters. The molecule has 0 amide bonds. The van der Waals surface area contributed by atoms with Crippen LogP contribution in [0.5, 0.6) is 0 Å². The lowest BCUT2D eigenvalue weighted by atomic mass is 9.69. The second kappa shape index (κ2) is 5.71. The van der Waals surface area contributed by atoms with E-state index in [0.717, 1.165) is 18.3 Å². The molecule has 2 saturated carbocycles. The summed E-state index contributed by atoms with van der Waals surface area (Å²) in [7, 11) is 0. The second-order valence-electron chi connectivity index (χ2n) is 7.06. The fourth-order valence-electron chi connectivity index (χ4n) is 4.38. The van der Waals surface area contributed by atoms with Crippen LogP contribution in [0.25, 0.3) is 0 Å². The summed E-state index contributed by atoms with van der Waals surface area (Å²) in [5, 5.41) is 14.2. The van der Waals surface area contributed by atoms with Gasteiger partial charge in [-0.15, -0.1) is 0 Å². The highest BCUT2D eigenvalue weighted by atomic mass is 16.5. The van der Waals surface area contributed by atoms with Crippen LogP contribution in [0.15, 0.2) is 0 Å². The highest BCUT2D eigenvalue weighted by molar-refractivity contribution is 4.94. The Hall–Kier alpha value is -0.120. The lowest BCUT2D eigenvalue weighted by molar-refractivity contribution is -0.0295. The third kappa shape index (κ3) is 2.98. The van der Waals surface area contributed by atoms with E-state index in [-0.39, 0.29) is 6.10 Å². The van der Waals surface area contributed by atoms with Crippen molar-refractivity contribution in [3.63, 3.8) is 0 Å². The van der Waals surface area contributed by atoms with E-state index in [2.05, 4.69) is 5.32 Å². The van der Waals surface area contributed by atoms with Gasteiger partial charge in [-0.05, 0) is 38.0 Å². The molecular formula is C16H29NO2. The molecule has 2 aliphatic carbocycles. The van der Waals surface area contributed by atoms with Gasteiger partial charge in [0.15, 0.2) is 0 Å². The third-order valence-electron chi connectivity index (χ3n) is 5.90. The van der Waals surface area contributed by atoms with Crippen molar-refractivity contribution >= 4 is 0 Å². The van der Waals surface area contributed by atoms with Gasteiger partial charge in [0.05, 0.1) is 6.10 Å². The van der Waals surface area contributed by atoms with Gasteiger partial charge < -0.3 is 15.2 Å². The number of hydrogen-bond donors (Lipinski definition) is 2. The molecule has 1 aliphatic heterocycles. The van der Waals surface area contributed by atoms with Crippen molar-refractivity contribution in [2.75, 3.05) is 13.2 Å². The molecule has 0 radical (unpaired) electrons. The van der Waals surface area contributed by atoms with E-state index in [1.807, 2.05) is 6.92 Å². The molecule has 0 bridgehead atoms. The normalized spacial score (nSPS) is 47.1. The smallest absolute Gasteiger partial charge is 0.105 e. The molecule has 1 heterocycles. The monoisotopic (exact) mass is 267 g/mol. The average Bonchev–Trinajstić information content (AvgIpc) is 2.77. The maximum atomic E-state index is 10.5. The summed E-state index contributed by atoms with van der Waals surface area (Å²) in [5.41, 5.74) is -0.636. The first kappa shape index (κ1) is 13.8. The fraction of sp³-hybridized carbons (Fsp3) is 1.00. The van der Waals surface area contributed by atoms with Gasteiger partial charge in [0.25, 0.3) is 0 Å². The fourth-order valence-corrected chi connectivity index (χ4v) is 4.38. The minimum atomic E-state index is -0.636. The standard InChI is InChI=1S/C16H29NO2/c1-12-16(18,8-9-19-12)11-17-15-7-6-13-4-2-3-5-14(13)10-15/h12-15,17-18H,2-11H2,1H3. The first-order chi connectivity index (χ1) is 9.17. The maximum Gasteiger partial charge on any atom is 0.105 e. The van der Waals surface area contributed by atoms with E-state index in [1.54, 1.807) is 0 Å². The number of hydrogen-bond acceptors (Lipinski definition) is 3. The molecule has 0 aromatic carbocycles. The largest absolute Gasteiger partial charge is 0.386 e. The maximum absolute atomic E-state index is 10.5. The Kier molecular flexibility index (Phi) is 4.16. The first-order valence-electron chi connectivity index (χ1n) is 8.25. The highest BCUT2D eigenvalue weighted by Gasteiger charge is 2.40. The summed E-state index contributed by atoms with van der Waals surface area (Å²) in [6.45, 7) is 3.40. The topological polar surface area (TPSA) is 41.5 Å². The predicted octanol–water partition coefficient (Wildman–Crippen LogP) is 2.47. The molecule has 0 aromatic heterocycles. The van der Waals surface area contributed by atoms with Crippen LogP contribution in [0, 0.1) is 11.8 Å². The SMILES string of the molecule is CC1OCCC1(O)CNC1CCC2CCCCC2C1. The molecule has 1 saturated heterocycles. The van der Waals surface area contributed by atoms with E-state index in [4.69, 9.17) is 4.74 Å². The minimum absolute atomic E-state index is 0.0222. The number of rotatable bonds is 3. The molecule has 3 heteroatoms. The molecule has 3 rings (SSSR count). The zero-order valence-corrected chi connectivity index (χ0v) is 12.2. The summed E-state index contributed by atoms with van der Waals surface area (Å²) >= 11 is 0. The highest BCUT2D eigenvalue weighted by Crippen LogP contribution is 2.40. The van der Waals surface area contributed by atoms with Crippen LogP contribution in [0.1, 0.15) is 58.3 Å². The van der Waals surface area contributed by atoms with Gasteiger partial charge in [-0.2, -0.15) is 0 Å². The zero-order chi connectivity index (χ0) is 13.3. The molecule has 3 nitrogen and oxygen atoms in total. The van der Waals surface area contributed by atoms with Crippen molar-refractivity contribution in [1.82, 2.24) is 5.32 Å². The molecular weight excluding hydrogens is 238 g/mol. The van der Waals surface area contributed by atoms with Gasteiger partial charge in [0.2, 0.25) is 0 Å². The quantitative estimate of drug-likeness (QED) is 0.825. The van der Waals surface area contributed by atoms with Gasteiger partial charge in [0, 0.05) is 25.6 Å². The summed E-state index contributed by atoms with van der Waals surface area (Å²) in [6, 6.07) is 0.621. The van der Waals surface area contributed by atoms with Gasteiger partial charge in [-0.3, -0.25) is 0 Å². The second-order valence-corrected chi connectivity index (χ2v) is 7.06. The van der Waals surface area contributed by atoms with Crippen LogP contribution < -0.4 is 5.32 Å². The predicted molar refractivity (Wildman–Crippen MR) is 76.1 cm³/mol. The van der Waals surface area contributed by atoms with Gasteiger partial charge in [0.1, 0.15) is 5.60 Å². The van der Waals surface area contributed by atoms with Crippen molar-refractivity contribution in [3.05, 3.63) is 0 Å². The summed E-state index contributed by atoms with van der Waals surface area (Å²) < 4.78 is 5.50. The van der Waals surface area contributed by atoms with E-state index < -0.39 is 5.60 Å². The van der Waals surface area contributed by atoms with Crippen LogP contribution in [-0.4, -0.2) is 36.0 Å². The lowest BCUT2D eigenvalue weighted by Gasteiger charge is -2.40. The Labute approximate surface area is 117 Å². The van der Waals surface area contributed by atoms with Gasteiger partial charge in [-0.1, -0.05) is 25.7 Å². The van der Waals surface area contributed by atoms with Crippen LogP contribution >= 0.6 is 0 Å². The number of nitrogens with one attached hydrogen (secondary N) is 1. The van der Waals surface area contributed by atoms with E-state index in [1.165, 1.54) is 44.9 Å². The molecule has 2 N–H and O–H groups in total. The summed E-state index contributed by atoms with van der Waals surface area (Å²) in [5.74, 6) is 1.95. The molecule has 0 spiro atoms. The van der Waals surface area contributed by atoms with Crippen LogP contribution in [0.3, 0.4) is 0 Å². The number of aliphatic hydroxyl groups is 1. The van der Waals surface area contributed by atoms with Crippen molar-refractivity contribution in [2.24, 2.45) is 11.8 Å². The molecule has 0 aromatic rings. The van der Waals surface area contributed by atoms with Gasteiger partial charge >= 0.3 is 0 Å². The molecule has 3 fully saturated rings. The average molecular weight is 267 g/mol. The Bertz CT molecular complexity index is 309. The van der Waals surface area contributed by atoms with Crippen LogP contribution in [-0.2, 0) is 4.74 Å². The molecule has 110 valence electrons. The molecule has 19 heavy (non-hydrogen) atoms. The van der Waals surface area contributed by atoms with Crippen LogP contribution in [0.4, 0.5) is 0 Å². The molecule has 3 aliphatic rings. The Balaban J connectivity index is 1.48. The molecule has 5 unspecified atom stereocenters. The first-order valence-corrected chi connectivity index (χ1v) is 8.25. The Morgan fingerprint density at radius 2 is 1.95 bits per heavy atom. The number of fused-ring (bicyclic) bond motifs is 1. The van der Waals surface area contributed by atoms with Crippen molar-refractivity contribution in [2.45, 2.75) is 76.0 Å². The van der Waals surface area contributed by atoms with Crippen LogP contribution in [0.2, 0.25) is 0 Å². The Morgan fingerprint density at radius 3 is 2.68 bits per heavy atom. The van der Waals surface area contributed by atoms with Crippen molar-refractivity contribution in [3.8, 4) is 0 Å². The van der Waals surface area contributed by atoms with E-state index in [9.17, 15) is 5.11 Å². The number of ether oxygens (including phenoxy) is 1.